The molecule has 3 aromatic rings. The van der Waals surface area contributed by atoms with E-state index in [1.165, 1.54) is 4.90 Å². The topological polar surface area (TPSA) is 92.7 Å². The number of ether oxygens (including phenoxy) is 1. The highest BCUT2D eigenvalue weighted by Gasteiger charge is 2.52. The van der Waals surface area contributed by atoms with Gasteiger partial charge in [-0.15, -0.1) is 5.10 Å². The second kappa shape index (κ2) is 10.1. The number of aryl methyl sites for hydroxylation is 2. The van der Waals surface area contributed by atoms with Crippen LogP contribution in [0.2, 0.25) is 0 Å². The fourth-order valence-corrected chi connectivity index (χ4v) is 4.05. The number of likely N-dealkylation sites (N-methyl/N-ethyl adjacent to an activating group) is 1. The van der Waals surface area contributed by atoms with E-state index in [0.29, 0.717) is 29.2 Å². The molecule has 35 heavy (non-hydrogen) atoms. The van der Waals surface area contributed by atoms with Gasteiger partial charge in [0.2, 0.25) is 5.78 Å². The molecule has 8 nitrogen and oxygen atoms in total. The second-order valence-electron chi connectivity index (χ2n) is 8.95. The van der Waals surface area contributed by atoms with Crippen molar-refractivity contribution in [2.45, 2.75) is 19.9 Å². The second-order valence-corrected chi connectivity index (χ2v) is 8.95. The third-order valence-corrected chi connectivity index (χ3v) is 5.98. The number of amides is 1. The van der Waals surface area contributed by atoms with Crippen LogP contribution in [0.4, 0.5) is 5.82 Å². The van der Waals surface area contributed by atoms with Crippen molar-refractivity contribution in [3.05, 3.63) is 83.0 Å². The van der Waals surface area contributed by atoms with E-state index in [9.17, 15) is 14.4 Å². The molecule has 8 heteroatoms. The minimum Gasteiger partial charge on any atom is -0.492 e. The van der Waals surface area contributed by atoms with Gasteiger partial charge in [-0.25, -0.2) is 0 Å². The molecule has 4 rings (SSSR count). The van der Waals surface area contributed by atoms with Crippen molar-refractivity contribution < 1.29 is 19.1 Å². The van der Waals surface area contributed by atoms with E-state index < -0.39 is 29.4 Å². The first kappa shape index (κ1) is 24.2. The number of benzene rings is 2. The summed E-state index contributed by atoms with van der Waals surface area (Å²) in [5.41, 5.74) is 2.69. The minimum absolute atomic E-state index is 0.226. The smallest absolute Gasteiger partial charge is 0.297 e. The van der Waals surface area contributed by atoms with E-state index >= 15 is 0 Å². The van der Waals surface area contributed by atoms with E-state index in [1.54, 1.807) is 55.5 Å². The van der Waals surface area contributed by atoms with Crippen molar-refractivity contribution in [2.24, 2.45) is 5.92 Å². The third kappa shape index (κ3) is 5.12. The number of aromatic nitrogens is 2. The fourth-order valence-electron chi connectivity index (χ4n) is 4.05. The summed E-state index contributed by atoms with van der Waals surface area (Å²) < 4.78 is 5.78. The molecule has 0 spiro atoms. The summed E-state index contributed by atoms with van der Waals surface area (Å²) in [4.78, 5) is 43.2. The van der Waals surface area contributed by atoms with Crippen LogP contribution in [-0.2, 0) is 9.59 Å². The van der Waals surface area contributed by atoms with E-state index in [0.717, 1.165) is 12.1 Å². The van der Waals surface area contributed by atoms with Crippen molar-refractivity contribution in [3.8, 4) is 5.75 Å². The van der Waals surface area contributed by atoms with Crippen LogP contribution in [0.1, 0.15) is 33.2 Å². The molecule has 2 unspecified atom stereocenters. The van der Waals surface area contributed by atoms with Gasteiger partial charge in [0.15, 0.2) is 11.6 Å². The fraction of sp³-hybridized carbons (Fsp3) is 0.296. The Kier molecular flexibility index (Phi) is 7.02. The Morgan fingerprint density at radius 3 is 2.23 bits per heavy atom. The van der Waals surface area contributed by atoms with Gasteiger partial charge in [0.1, 0.15) is 18.3 Å². The highest BCUT2D eigenvalue weighted by molar-refractivity contribution is 6.48. The SMILES string of the molecule is Cc1ccc(C(=O)C2C(=O)C(=O)N(c3ccc(C)nn3)C2c2ccc(OCCN(C)C)cc2)cc1. The first-order valence-corrected chi connectivity index (χ1v) is 11.4. The Hall–Kier alpha value is -3.91. The molecule has 2 heterocycles. The monoisotopic (exact) mass is 472 g/mol. The van der Waals surface area contributed by atoms with Gasteiger partial charge in [0.25, 0.3) is 5.91 Å². The molecule has 2 atom stereocenters. The lowest BCUT2D eigenvalue weighted by molar-refractivity contribution is -0.135. The van der Waals surface area contributed by atoms with Gasteiger partial charge in [-0.3, -0.25) is 19.3 Å². The van der Waals surface area contributed by atoms with Crippen molar-refractivity contribution in [1.29, 1.82) is 0 Å². The molecular formula is C27H28N4O4. The number of ketones is 2. The average molecular weight is 473 g/mol. The predicted octanol–water partition coefficient (Wildman–Crippen LogP) is 3.19. The van der Waals surface area contributed by atoms with Crippen molar-refractivity contribution in [2.75, 3.05) is 32.1 Å². The van der Waals surface area contributed by atoms with E-state index in [1.807, 2.05) is 38.1 Å². The molecule has 1 aliphatic rings. The zero-order chi connectivity index (χ0) is 25.1. The first-order valence-electron chi connectivity index (χ1n) is 11.4. The number of Topliss-reactive ketones (excluding diaryl/α,β-unsaturated/α-hetero) is 2. The van der Waals surface area contributed by atoms with Crippen LogP contribution in [0.5, 0.6) is 5.75 Å². The van der Waals surface area contributed by atoms with Gasteiger partial charge in [0.05, 0.1) is 11.7 Å². The zero-order valence-electron chi connectivity index (χ0n) is 20.3. The molecule has 1 fully saturated rings. The van der Waals surface area contributed by atoms with Gasteiger partial charge in [-0.05, 0) is 57.8 Å². The van der Waals surface area contributed by atoms with Crippen molar-refractivity contribution >= 4 is 23.3 Å². The Morgan fingerprint density at radius 2 is 1.63 bits per heavy atom. The van der Waals surface area contributed by atoms with E-state index in [4.69, 9.17) is 4.74 Å². The minimum atomic E-state index is -1.20. The van der Waals surface area contributed by atoms with Gasteiger partial charge >= 0.3 is 0 Å². The molecule has 180 valence electrons. The number of anilines is 1. The Balaban J connectivity index is 1.73. The maximum atomic E-state index is 13.5. The van der Waals surface area contributed by atoms with E-state index in [2.05, 4.69) is 10.2 Å². The maximum Gasteiger partial charge on any atom is 0.297 e. The van der Waals surface area contributed by atoms with Crippen molar-refractivity contribution in [1.82, 2.24) is 15.1 Å². The molecule has 0 saturated carbocycles. The van der Waals surface area contributed by atoms with Crippen LogP contribution < -0.4 is 9.64 Å². The lowest BCUT2D eigenvalue weighted by Crippen LogP contribution is -2.31. The number of hydrogen-bond donors (Lipinski definition) is 0. The van der Waals surface area contributed by atoms with Gasteiger partial charge < -0.3 is 9.64 Å². The first-order chi connectivity index (χ1) is 16.8. The number of nitrogens with zero attached hydrogens (tertiary/aromatic N) is 4. The lowest BCUT2D eigenvalue weighted by Gasteiger charge is -2.26. The van der Waals surface area contributed by atoms with Gasteiger partial charge in [-0.2, -0.15) is 5.10 Å². The Labute approximate surface area is 204 Å². The summed E-state index contributed by atoms with van der Waals surface area (Å²) in [5, 5.41) is 8.18. The molecule has 0 bridgehead atoms. The van der Waals surface area contributed by atoms with E-state index in [-0.39, 0.29) is 5.82 Å². The molecule has 1 aromatic heterocycles. The summed E-state index contributed by atoms with van der Waals surface area (Å²) in [6.07, 6.45) is 0. The summed E-state index contributed by atoms with van der Waals surface area (Å²) in [5.74, 6) is -2.24. The summed E-state index contributed by atoms with van der Waals surface area (Å²) in [6, 6.07) is 16.6. The normalized spacial score (nSPS) is 17.8. The number of carbonyl (C=O) groups is 3. The molecule has 0 radical (unpaired) electrons. The largest absolute Gasteiger partial charge is 0.492 e. The standard InChI is InChI=1S/C27H28N4O4/c1-17-5-8-20(9-6-17)25(32)23-24(19-10-12-21(13-11-19)35-16-15-30(3)4)31(27(34)26(23)33)22-14-7-18(2)28-29-22/h5-14,23-24H,15-16H2,1-4H3. The van der Waals surface area contributed by atoms with Crippen LogP contribution in [-0.4, -0.2) is 59.8 Å². The molecule has 0 aliphatic carbocycles. The van der Waals surface area contributed by atoms with Crippen LogP contribution in [0.25, 0.3) is 0 Å². The molecule has 0 N–H and O–H groups in total. The summed E-state index contributed by atoms with van der Waals surface area (Å²) >= 11 is 0. The third-order valence-electron chi connectivity index (χ3n) is 5.98. The number of carbonyl (C=O) groups excluding carboxylic acids is 3. The van der Waals surface area contributed by atoms with Crippen LogP contribution in [0.3, 0.4) is 0 Å². The average Bonchev–Trinajstić information content (AvgIpc) is 3.10. The van der Waals surface area contributed by atoms with Crippen LogP contribution >= 0.6 is 0 Å². The molecule has 1 aliphatic heterocycles. The lowest BCUT2D eigenvalue weighted by atomic mass is 9.86. The predicted molar refractivity (Wildman–Crippen MR) is 131 cm³/mol. The van der Waals surface area contributed by atoms with Crippen LogP contribution in [0.15, 0.2) is 60.7 Å². The van der Waals surface area contributed by atoms with Crippen molar-refractivity contribution in [3.63, 3.8) is 0 Å². The summed E-state index contributed by atoms with van der Waals surface area (Å²) in [7, 11) is 3.93. The highest BCUT2D eigenvalue weighted by Crippen LogP contribution is 2.40. The molecule has 1 saturated heterocycles. The molecular weight excluding hydrogens is 444 g/mol. The van der Waals surface area contributed by atoms with Gasteiger partial charge in [0, 0.05) is 12.1 Å². The number of hydrogen-bond acceptors (Lipinski definition) is 7. The summed E-state index contributed by atoms with van der Waals surface area (Å²) in [6.45, 7) is 4.98. The Bertz CT molecular complexity index is 1220. The Morgan fingerprint density at radius 1 is 0.943 bits per heavy atom. The van der Waals surface area contributed by atoms with Crippen LogP contribution in [0, 0.1) is 19.8 Å². The molecule has 1 amide bonds. The number of rotatable bonds is 8. The molecule has 2 aromatic carbocycles. The quantitative estimate of drug-likeness (QED) is 0.282. The zero-order valence-corrected chi connectivity index (χ0v) is 20.3. The maximum absolute atomic E-state index is 13.5. The van der Waals surface area contributed by atoms with Gasteiger partial charge in [-0.1, -0.05) is 42.0 Å². The highest BCUT2D eigenvalue weighted by atomic mass is 16.5.